The third-order valence-electron chi connectivity index (χ3n) is 2.71. The maximum atomic E-state index is 5.92. The first kappa shape index (κ1) is 9.86. The summed E-state index contributed by atoms with van der Waals surface area (Å²) in [6.07, 6.45) is 0. The lowest BCUT2D eigenvalue weighted by Gasteiger charge is -1.92. The molecule has 0 unspecified atom stereocenters. The van der Waals surface area contributed by atoms with E-state index >= 15 is 0 Å². The van der Waals surface area contributed by atoms with Crippen molar-refractivity contribution in [2.24, 2.45) is 7.05 Å². The summed E-state index contributed by atoms with van der Waals surface area (Å²) in [5, 5.41) is 6.58. The minimum Gasteiger partial charge on any atom is -0.384 e. The van der Waals surface area contributed by atoms with Crippen molar-refractivity contribution >= 4 is 37.9 Å². The van der Waals surface area contributed by atoms with E-state index in [1.807, 2.05) is 14.0 Å². The number of aryl methyl sites for hydroxylation is 1. The molecular formula is C11H11N3S2. The van der Waals surface area contributed by atoms with Crippen molar-refractivity contribution in [3.05, 3.63) is 23.1 Å². The van der Waals surface area contributed by atoms with Crippen molar-refractivity contribution in [3.8, 4) is 10.6 Å². The lowest BCUT2D eigenvalue weighted by molar-refractivity contribution is 0.782. The van der Waals surface area contributed by atoms with Crippen LogP contribution in [0, 0.1) is 6.92 Å². The molecule has 0 radical (unpaired) electrons. The van der Waals surface area contributed by atoms with Gasteiger partial charge in [-0.05, 0) is 24.4 Å². The van der Waals surface area contributed by atoms with E-state index in [-0.39, 0.29) is 0 Å². The monoisotopic (exact) mass is 249 g/mol. The summed E-state index contributed by atoms with van der Waals surface area (Å²) in [5.74, 6) is 0.742. The van der Waals surface area contributed by atoms with Gasteiger partial charge in [-0.15, -0.1) is 22.7 Å². The van der Waals surface area contributed by atoms with Crippen LogP contribution >= 0.6 is 22.7 Å². The van der Waals surface area contributed by atoms with Crippen LogP contribution in [0.2, 0.25) is 0 Å². The van der Waals surface area contributed by atoms with E-state index in [0.29, 0.717) is 0 Å². The van der Waals surface area contributed by atoms with Crippen molar-refractivity contribution in [1.82, 2.24) is 9.78 Å². The van der Waals surface area contributed by atoms with E-state index in [4.69, 9.17) is 5.73 Å². The molecule has 5 heteroatoms. The molecule has 3 nitrogen and oxygen atoms in total. The number of anilines is 1. The number of aromatic nitrogens is 2. The highest BCUT2D eigenvalue weighted by molar-refractivity contribution is 7.28. The van der Waals surface area contributed by atoms with Crippen LogP contribution in [0.5, 0.6) is 0 Å². The zero-order valence-electron chi connectivity index (χ0n) is 9.02. The first-order chi connectivity index (χ1) is 7.66. The minimum atomic E-state index is 0.742. The summed E-state index contributed by atoms with van der Waals surface area (Å²) in [6.45, 7) is 2.02. The Labute approximate surface area is 101 Å². The number of nitrogens with two attached hydrogens (primary N) is 1. The van der Waals surface area contributed by atoms with E-state index in [2.05, 4.69) is 22.6 Å². The largest absolute Gasteiger partial charge is 0.384 e. The third kappa shape index (κ3) is 1.28. The molecule has 0 aliphatic heterocycles. The number of nitrogen functional groups attached to an aromatic ring is 1. The fraction of sp³-hybridized carbons (Fsp3) is 0.182. The molecule has 0 saturated carbocycles. The normalized spacial score (nSPS) is 11.4. The van der Waals surface area contributed by atoms with Crippen molar-refractivity contribution < 1.29 is 0 Å². The first-order valence-electron chi connectivity index (χ1n) is 4.93. The van der Waals surface area contributed by atoms with Gasteiger partial charge in [-0.3, -0.25) is 4.68 Å². The van der Waals surface area contributed by atoms with Gasteiger partial charge in [0.2, 0.25) is 0 Å². The van der Waals surface area contributed by atoms with Crippen LogP contribution in [0.3, 0.4) is 0 Å². The highest BCUT2D eigenvalue weighted by Gasteiger charge is 2.14. The maximum absolute atomic E-state index is 5.92. The van der Waals surface area contributed by atoms with E-state index in [9.17, 15) is 0 Å². The Balaban J connectivity index is 2.22. The molecule has 2 N–H and O–H groups in total. The van der Waals surface area contributed by atoms with Crippen molar-refractivity contribution in [3.63, 3.8) is 0 Å². The molecule has 0 aliphatic rings. The average molecular weight is 249 g/mol. The van der Waals surface area contributed by atoms with Gasteiger partial charge in [0.15, 0.2) is 0 Å². The molecule has 0 aromatic carbocycles. The Morgan fingerprint density at radius 2 is 2.19 bits per heavy atom. The summed E-state index contributed by atoms with van der Waals surface area (Å²) in [4.78, 5) is 1.20. The van der Waals surface area contributed by atoms with E-state index in [1.165, 1.54) is 14.3 Å². The molecule has 0 atom stereocenters. The lowest BCUT2D eigenvalue weighted by Crippen LogP contribution is -1.97. The van der Waals surface area contributed by atoms with Gasteiger partial charge in [0, 0.05) is 22.0 Å². The van der Waals surface area contributed by atoms with Gasteiger partial charge in [0.05, 0.1) is 4.88 Å². The average Bonchev–Trinajstić information content (AvgIpc) is 2.87. The summed E-state index contributed by atoms with van der Waals surface area (Å²) in [6, 6.07) is 4.34. The molecule has 16 heavy (non-hydrogen) atoms. The number of hydrogen-bond acceptors (Lipinski definition) is 4. The highest BCUT2D eigenvalue weighted by atomic mass is 32.1. The zero-order chi connectivity index (χ0) is 11.3. The Hall–Kier alpha value is -1.33. The van der Waals surface area contributed by atoms with Crippen molar-refractivity contribution in [2.45, 2.75) is 6.92 Å². The molecule has 3 heterocycles. The number of hydrogen-bond donors (Lipinski definition) is 1. The predicted octanol–water partition coefficient (Wildman–Crippen LogP) is 3.25. The summed E-state index contributed by atoms with van der Waals surface area (Å²) in [5.41, 5.74) is 7.99. The number of fused-ring (bicyclic) bond motifs is 1. The van der Waals surface area contributed by atoms with Crippen molar-refractivity contribution in [2.75, 3.05) is 5.73 Å². The molecule has 3 aromatic heterocycles. The Kier molecular flexibility index (Phi) is 2.05. The van der Waals surface area contributed by atoms with Gasteiger partial charge in [0.1, 0.15) is 11.5 Å². The molecule has 0 amide bonds. The maximum Gasteiger partial charge on any atom is 0.124 e. The predicted molar refractivity (Wildman–Crippen MR) is 71.1 cm³/mol. The van der Waals surface area contributed by atoms with E-state index in [1.54, 1.807) is 27.4 Å². The summed E-state index contributed by atoms with van der Waals surface area (Å²) >= 11 is 3.54. The quantitative estimate of drug-likeness (QED) is 0.719. The second-order valence-corrected chi connectivity index (χ2v) is 5.77. The molecule has 3 rings (SSSR count). The molecule has 0 saturated heterocycles. The van der Waals surface area contributed by atoms with Crippen molar-refractivity contribution in [1.29, 1.82) is 0 Å². The molecule has 0 fully saturated rings. The summed E-state index contributed by atoms with van der Waals surface area (Å²) < 4.78 is 4.38. The van der Waals surface area contributed by atoms with Gasteiger partial charge >= 0.3 is 0 Å². The molecule has 0 bridgehead atoms. The number of thiophene rings is 2. The smallest absolute Gasteiger partial charge is 0.124 e. The van der Waals surface area contributed by atoms with Gasteiger partial charge in [-0.25, -0.2) is 0 Å². The number of rotatable bonds is 1. The SMILES string of the molecule is Cc1c(-c2cc3sccc3s2)nn(C)c1N. The second-order valence-electron chi connectivity index (χ2n) is 3.74. The van der Waals surface area contributed by atoms with Crippen LogP contribution in [-0.2, 0) is 7.05 Å². The highest BCUT2D eigenvalue weighted by Crippen LogP contribution is 2.37. The third-order valence-corrected chi connectivity index (χ3v) is 4.81. The Morgan fingerprint density at radius 3 is 2.81 bits per heavy atom. The fourth-order valence-corrected chi connectivity index (χ4v) is 3.91. The van der Waals surface area contributed by atoms with Gasteiger partial charge < -0.3 is 5.73 Å². The van der Waals surface area contributed by atoms with Crippen LogP contribution in [0.4, 0.5) is 5.82 Å². The molecule has 0 spiro atoms. The Bertz CT molecular complexity index is 631. The second kappa shape index (κ2) is 3.33. The summed E-state index contributed by atoms with van der Waals surface area (Å²) in [7, 11) is 1.88. The molecule has 3 aromatic rings. The van der Waals surface area contributed by atoms with Crippen LogP contribution in [-0.4, -0.2) is 9.78 Å². The Morgan fingerprint density at radius 1 is 1.38 bits per heavy atom. The van der Waals surface area contributed by atoms with E-state index < -0.39 is 0 Å². The van der Waals surface area contributed by atoms with Crippen LogP contribution in [0.25, 0.3) is 20.0 Å². The molecular weight excluding hydrogens is 238 g/mol. The van der Waals surface area contributed by atoms with Gasteiger partial charge in [-0.2, -0.15) is 5.10 Å². The van der Waals surface area contributed by atoms with Gasteiger partial charge in [0.25, 0.3) is 0 Å². The fourth-order valence-electron chi connectivity index (χ4n) is 1.76. The van der Waals surface area contributed by atoms with Crippen LogP contribution in [0.1, 0.15) is 5.56 Å². The minimum absolute atomic E-state index is 0.742. The molecule has 82 valence electrons. The lowest BCUT2D eigenvalue weighted by atomic mass is 10.2. The number of nitrogens with zero attached hydrogens (tertiary/aromatic N) is 2. The molecule has 0 aliphatic carbocycles. The van der Waals surface area contributed by atoms with Crippen LogP contribution < -0.4 is 5.73 Å². The van der Waals surface area contributed by atoms with E-state index in [0.717, 1.165) is 17.1 Å². The standard InChI is InChI=1S/C11H11N3S2/c1-6-10(13-14(2)11(6)12)9-5-8-7(16-9)3-4-15-8/h3-5H,12H2,1-2H3. The van der Waals surface area contributed by atoms with Gasteiger partial charge in [-0.1, -0.05) is 0 Å². The zero-order valence-corrected chi connectivity index (χ0v) is 10.7. The topological polar surface area (TPSA) is 43.8 Å². The van der Waals surface area contributed by atoms with Crippen LogP contribution in [0.15, 0.2) is 17.5 Å². The first-order valence-corrected chi connectivity index (χ1v) is 6.63.